The van der Waals surface area contributed by atoms with Crippen LogP contribution in [0.1, 0.15) is 11.1 Å². The molecule has 2 aromatic carbocycles. The van der Waals surface area contributed by atoms with Crippen LogP contribution in [0.4, 0.5) is 0 Å². The van der Waals surface area contributed by atoms with Gasteiger partial charge in [-0.05, 0) is 40.8 Å². The summed E-state index contributed by atoms with van der Waals surface area (Å²) in [4.78, 5) is 0. The van der Waals surface area contributed by atoms with Crippen LogP contribution in [0.3, 0.4) is 0 Å². The Kier molecular flexibility index (Phi) is 2.08. The predicted molar refractivity (Wildman–Crippen MR) is 67.0 cm³/mol. The largest absolute Gasteiger partial charge is 0.327 e. The fourth-order valence-electron chi connectivity index (χ4n) is 2.50. The van der Waals surface area contributed by atoms with E-state index in [0.29, 0.717) is 0 Å². The maximum absolute atomic E-state index is 6.05. The first-order chi connectivity index (χ1) is 7.25. The molecule has 1 unspecified atom stereocenters. The summed E-state index contributed by atoms with van der Waals surface area (Å²) in [6.45, 7) is 0. The highest BCUT2D eigenvalue weighted by molar-refractivity contribution is 9.10. The third kappa shape index (κ3) is 1.40. The van der Waals surface area contributed by atoms with Gasteiger partial charge in [0.15, 0.2) is 0 Å². The lowest BCUT2D eigenvalue weighted by atomic mass is 9.86. The van der Waals surface area contributed by atoms with Crippen LogP contribution in [0.25, 0.3) is 10.8 Å². The lowest BCUT2D eigenvalue weighted by molar-refractivity contribution is 0.656. The average Bonchev–Trinajstić information content (AvgIpc) is 2.23. The average molecular weight is 262 g/mol. The summed E-state index contributed by atoms with van der Waals surface area (Å²) in [5.41, 5.74) is 8.83. The highest BCUT2D eigenvalue weighted by Gasteiger charge is 2.18. The van der Waals surface area contributed by atoms with E-state index in [4.69, 9.17) is 5.73 Å². The van der Waals surface area contributed by atoms with Crippen molar-refractivity contribution in [3.8, 4) is 0 Å². The van der Waals surface area contributed by atoms with E-state index in [1.54, 1.807) is 0 Å². The van der Waals surface area contributed by atoms with Crippen molar-refractivity contribution in [2.45, 2.75) is 18.9 Å². The Bertz CT molecular complexity index is 521. The van der Waals surface area contributed by atoms with Crippen LogP contribution in [-0.2, 0) is 12.8 Å². The molecular formula is C13H12BrN. The first-order valence-electron chi connectivity index (χ1n) is 5.20. The molecule has 2 heteroatoms. The summed E-state index contributed by atoms with van der Waals surface area (Å²) < 4.78 is 1.18. The lowest BCUT2D eigenvalue weighted by Gasteiger charge is -2.22. The van der Waals surface area contributed by atoms with E-state index in [-0.39, 0.29) is 6.04 Å². The summed E-state index contributed by atoms with van der Waals surface area (Å²) in [5.74, 6) is 0. The Labute approximate surface area is 97.4 Å². The van der Waals surface area contributed by atoms with Gasteiger partial charge in [0.1, 0.15) is 0 Å². The van der Waals surface area contributed by atoms with E-state index in [1.165, 1.54) is 26.4 Å². The second-order valence-corrected chi connectivity index (χ2v) is 5.07. The quantitative estimate of drug-likeness (QED) is 0.776. The van der Waals surface area contributed by atoms with E-state index < -0.39 is 0 Å². The second-order valence-electron chi connectivity index (χ2n) is 4.21. The zero-order valence-electron chi connectivity index (χ0n) is 8.33. The van der Waals surface area contributed by atoms with Crippen molar-refractivity contribution < 1.29 is 0 Å². The molecule has 0 heterocycles. The van der Waals surface area contributed by atoms with Gasteiger partial charge in [0.25, 0.3) is 0 Å². The van der Waals surface area contributed by atoms with E-state index in [2.05, 4.69) is 46.3 Å². The molecule has 0 bridgehead atoms. The van der Waals surface area contributed by atoms with Crippen LogP contribution in [-0.4, -0.2) is 6.04 Å². The van der Waals surface area contributed by atoms with Crippen molar-refractivity contribution in [1.29, 1.82) is 0 Å². The normalized spacial score (nSPS) is 19.5. The molecule has 15 heavy (non-hydrogen) atoms. The minimum Gasteiger partial charge on any atom is -0.327 e. The first kappa shape index (κ1) is 9.37. The van der Waals surface area contributed by atoms with Gasteiger partial charge in [-0.2, -0.15) is 0 Å². The van der Waals surface area contributed by atoms with Crippen LogP contribution in [0.2, 0.25) is 0 Å². The van der Waals surface area contributed by atoms with Crippen molar-refractivity contribution in [3.63, 3.8) is 0 Å². The Balaban J connectivity index is 2.42. The molecule has 1 aliphatic rings. The molecule has 0 radical (unpaired) electrons. The van der Waals surface area contributed by atoms with E-state index in [9.17, 15) is 0 Å². The molecule has 0 aliphatic heterocycles. The monoisotopic (exact) mass is 261 g/mol. The van der Waals surface area contributed by atoms with Gasteiger partial charge in [-0.1, -0.05) is 40.2 Å². The van der Waals surface area contributed by atoms with Crippen molar-refractivity contribution in [1.82, 2.24) is 0 Å². The van der Waals surface area contributed by atoms with Crippen molar-refractivity contribution in [3.05, 3.63) is 45.9 Å². The molecule has 1 aliphatic carbocycles. The minimum atomic E-state index is 0.282. The van der Waals surface area contributed by atoms with E-state index >= 15 is 0 Å². The maximum Gasteiger partial charge on any atom is 0.0254 e. The summed E-state index contributed by atoms with van der Waals surface area (Å²) in [7, 11) is 0. The predicted octanol–water partition coefficient (Wildman–Crippen LogP) is 3.03. The zero-order valence-corrected chi connectivity index (χ0v) is 9.92. The first-order valence-corrected chi connectivity index (χ1v) is 5.99. The molecule has 1 atom stereocenters. The molecule has 1 nitrogen and oxygen atoms in total. The number of benzene rings is 2. The van der Waals surface area contributed by atoms with Crippen LogP contribution in [0.5, 0.6) is 0 Å². The zero-order chi connectivity index (χ0) is 10.4. The number of rotatable bonds is 0. The SMILES string of the molecule is NC1Cc2cccc3c(Br)ccc(c23)C1. The van der Waals surface area contributed by atoms with E-state index in [1.807, 2.05) is 0 Å². The summed E-state index contributed by atoms with van der Waals surface area (Å²) in [6.07, 6.45) is 2.00. The summed E-state index contributed by atoms with van der Waals surface area (Å²) >= 11 is 3.60. The smallest absolute Gasteiger partial charge is 0.0254 e. The molecule has 0 aromatic heterocycles. The fourth-order valence-corrected chi connectivity index (χ4v) is 2.97. The summed E-state index contributed by atoms with van der Waals surface area (Å²) in [5, 5.41) is 2.73. The third-order valence-electron chi connectivity index (χ3n) is 3.12. The Hall–Kier alpha value is -0.860. The van der Waals surface area contributed by atoms with E-state index in [0.717, 1.165) is 12.8 Å². The number of nitrogens with two attached hydrogens (primary N) is 1. The molecule has 0 spiro atoms. The Morgan fingerprint density at radius 1 is 1.07 bits per heavy atom. The Morgan fingerprint density at radius 2 is 1.80 bits per heavy atom. The maximum atomic E-state index is 6.05. The molecule has 0 saturated heterocycles. The summed E-state index contributed by atoms with van der Waals surface area (Å²) in [6, 6.07) is 11.1. The standard InChI is InChI=1S/C13H12BrN/c14-12-5-4-9-7-10(15)6-8-2-1-3-11(12)13(8)9/h1-5,10H,6-7,15H2. The minimum absolute atomic E-state index is 0.282. The van der Waals surface area contributed by atoms with Gasteiger partial charge >= 0.3 is 0 Å². The highest BCUT2D eigenvalue weighted by atomic mass is 79.9. The van der Waals surface area contributed by atoms with Crippen molar-refractivity contribution in [2.75, 3.05) is 0 Å². The molecule has 0 amide bonds. The molecular weight excluding hydrogens is 250 g/mol. The van der Waals surface area contributed by atoms with Crippen LogP contribution in [0, 0.1) is 0 Å². The molecule has 0 saturated carbocycles. The topological polar surface area (TPSA) is 26.0 Å². The fraction of sp³-hybridized carbons (Fsp3) is 0.231. The highest BCUT2D eigenvalue weighted by Crippen LogP contribution is 2.33. The van der Waals surface area contributed by atoms with Crippen molar-refractivity contribution in [2.24, 2.45) is 5.73 Å². The number of halogens is 1. The van der Waals surface area contributed by atoms with Gasteiger partial charge < -0.3 is 5.73 Å². The van der Waals surface area contributed by atoms with Crippen LogP contribution >= 0.6 is 15.9 Å². The lowest BCUT2D eigenvalue weighted by Crippen LogP contribution is -2.28. The van der Waals surface area contributed by atoms with Gasteiger partial charge in [0.05, 0.1) is 0 Å². The van der Waals surface area contributed by atoms with Crippen LogP contribution < -0.4 is 5.73 Å². The molecule has 76 valence electrons. The van der Waals surface area contributed by atoms with Crippen molar-refractivity contribution >= 4 is 26.7 Å². The third-order valence-corrected chi connectivity index (χ3v) is 3.82. The second kappa shape index (κ2) is 3.32. The molecule has 3 rings (SSSR count). The van der Waals surface area contributed by atoms with Gasteiger partial charge in [0.2, 0.25) is 0 Å². The Morgan fingerprint density at radius 3 is 2.60 bits per heavy atom. The van der Waals surface area contributed by atoms with Gasteiger partial charge in [-0.3, -0.25) is 0 Å². The number of hydrogen-bond acceptors (Lipinski definition) is 1. The van der Waals surface area contributed by atoms with Gasteiger partial charge in [0, 0.05) is 10.5 Å². The van der Waals surface area contributed by atoms with Gasteiger partial charge in [-0.15, -0.1) is 0 Å². The van der Waals surface area contributed by atoms with Crippen LogP contribution in [0.15, 0.2) is 34.8 Å². The number of hydrogen-bond donors (Lipinski definition) is 1. The molecule has 2 N–H and O–H groups in total. The van der Waals surface area contributed by atoms with Gasteiger partial charge in [-0.25, -0.2) is 0 Å². The molecule has 0 fully saturated rings. The molecule has 2 aromatic rings.